The first kappa shape index (κ1) is 20.0. The molecule has 0 aliphatic carbocycles. The Morgan fingerprint density at radius 2 is 1.71 bits per heavy atom. The number of para-hydroxylation sites is 1. The second-order valence-corrected chi connectivity index (χ2v) is 7.59. The number of carbonyl (C=O) groups excluding carboxylic acids is 1. The minimum Gasteiger partial charge on any atom is -0.491 e. The number of alkyl halides is 3. The van der Waals surface area contributed by atoms with Gasteiger partial charge in [0, 0.05) is 11.1 Å². The Hall–Kier alpha value is -2.70. The Morgan fingerprint density at radius 1 is 1.04 bits per heavy atom. The summed E-state index contributed by atoms with van der Waals surface area (Å²) in [6.45, 7) is 5.98. The second kappa shape index (κ2) is 7.37. The number of fused-ring (bicyclic) bond motifs is 1. The molecule has 2 aromatic carbocycles. The van der Waals surface area contributed by atoms with Gasteiger partial charge in [0.05, 0.1) is 18.7 Å². The average Bonchev–Trinajstić information content (AvgIpc) is 2.82. The monoisotopic (exact) mass is 393 g/mol. The molecule has 0 unspecified atom stereocenters. The van der Waals surface area contributed by atoms with Crippen LogP contribution < -0.4 is 4.74 Å². The summed E-state index contributed by atoms with van der Waals surface area (Å²) in [5, 5.41) is 0. The van der Waals surface area contributed by atoms with Gasteiger partial charge >= 0.3 is 12.3 Å². The molecule has 0 aromatic heterocycles. The molecule has 0 fully saturated rings. The van der Waals surface area contributed by atoms with Crippen molar-refractivity contribution >= 4 is 6.09 Å². The minimum atomic E-state index is -4.48. The van der Waals surface area contributed by atoms with Crippen LogP contribution in [0.3, 0.4) is 0 Å². The largest absolute Gasteiger partial charge is 0.491 e. The lowest BCUT2D eigenvalue weighted by Gasteiger charge is -2.26. The van der Waals surface area contributed by atoms with Crippen LogP contribution >= 0.6 is 0 Å². The fourth-order valence-corrected chi connectivity index (χ4v) is 3.08. The number of hydrogen-bond acceptors (Lipinski definition) is 3. The molecule has 0 N–H and O–H groups in total. The highest BCUT2D eigenvalue weighted by molar-refractivity contribution is 5.76. The van der Waals surface area contributed by atoms with Gasteiger partial charge in [-0.25, -0.2) is 4.79 Å². The Morgan fingerprint density at radius 3 is 2.39 bits per heavy atom. The van der Waals surface area contributed by atoms with Gasteiger partial charge in [-0.3, -0.25) is 0 Å². The molecule has 7 heteroatoms. The third kappa shape index (κ3) is 4.40. The summed E-state index contributed by atoms with van der Waals surface area (Å²) >= 11 is 0. The topological polar surface area (TPSA) is 38.8 Å². The lowest BCUT2D eigenvalue weighted by molar-refractivity contribution is -0.137. The molecule has 28 heavy (non-hydrogen) atoms. The predicted molar refractivity (Wildman–Crippen MR) is 99.0 cm³/mol. The van der Waals surface area contributed by atoms with Crippen LogP contribution in [0.1, 0.15) is 31.9 Å². The quantitative estimate of drug-likeness (QED) is 0.642. The number of ether oxygens (including phenoxy) is 2. The number of rotatable bonds is 1. The highest BCUT2D eigenvalue weighted by Crippen LogP contribution is 2.42. The normalized spacial score (nSPS) is 14.7. The maximum atomic E-state index is 13.5. The number of nitrogens with zero attached hydrogens (tertiary/aromatic N) is 1. The zero-order chi connectivity index (χ0) is 20.5. The molecule has 0 saturated heterocycles. The molecule has 1 amide bonds. The Labute approximate surface area is 161 Å². The van der Waals surface area contributed by atoms with E-state index in [0.29, 0.717) is 16.9 Å². The first-order valence-corrected chi connectivity index (χ1v) is 8.95. The summed E-state index contributed by atoms with van der Waals surface area (Å²) in [5.41, 5.74) is -0.312. The van der Waals surface area contributed by atoms with Crippen molar-refractivity contribution in [2.75, 3.05) is 13.2 Å². The summed E-state index contributed by atoms with van der Waals surface area (Å²) in [6, 6.07) is 10.4. The van der Waals surface area contributed by atoms with E-state index in [4.69, 9.17) is 9.47 Å². The minimum absolute atomic E-state index is 0.0533. The molecular weight excluding hydrogens is 371 g/mol. The van der Waals surface area contributed by atoms with E-state index < -0.39 is 23.4 Å². The zero-order valence-electron chi connectivity index (χ0n) is 16.0. The summed E-state index contributed by atoms with van der Waals surface area (Å²) in [4.78, 5) is 13.9. The van der Waals surface area contributed by atoms with Crippen LogP contribution in [-0.2, 0) is 17.5 Å². The Kier molecular flexibility index (Phi) is 5.28. The number of amides is 1. The highest BCUT2D eigenvalue weighted by atomic mass is 19.4. The van der Waals surface area contributed by atoms with E-state index in [2.05, 4.69) is 0 Å². The molecule has 0 bridgehead atoms. The first-order valence-electron chi connectivity index (χ1n) is 8.95. The third-order valence-corrected chi connectivity index (χ3v) is 4.24. The molecule has 0 spiro atoms. The van der Waals surface area contributed by atoms with Gasteiger partial charge in [0.25, 0.3) is 0 Å². The van der Waals surface area contributed by atoms with Crippen molar-refractivity contribution in [3.05, 3.63) is 53.6 Å². The van der Waals surface area contributed by atoms with Crippen molar-refractivity contribution in [2.24, 2.45) is 0 Å². The van der Waals surface area contributed by atoms with Gasteiger partial charge in [-0.1, -0.05) is 36.4 Å². The van der Waals surface area contributed by atoms with E-state index in [1.165, 1.54) is 17.0 Å². The molecule has 2 aromatic rings. The maximum Gasteiger partial charge on any atom is 0.417 e. The SMILES string of the molecule is CC(C)(C)OC(=O)N1CCOc2c(cccc2-c2ccccc2C(F)(F)F)C1. The Balaban J connectivity index is 1.99. The standard InChI is InChI=1S/C21H22F3NO3/c1-20(2,3)28-19(26)25-11-12-27-18-14(13-25)7-6-9-16(18)15-8-4-5-10-17(15)21(22,23)24/h4-10H,11-13H2,1-3H3. The van der Waals surface area contributed by atoms with Crippen molar-refractivity contribution < 1.29 is 27.4 Å². The average molecular weight is 393 g/mol. The van der Waals surface area contributed by atoms with Crippen LogP contribution in [0.2, 0.25) is 0 Å². The van der Waals surface area contributed by atoms with Crippen LogP contribution in [0.5, 0.6) is 5.75 Å². The van der Waals surface area contributed by atoms with E-state index in [1.807, 2.05) is 0 Å². The van der Waals surface area contributed by atoms with Crippen molar-refractivity contribution in [3.63, 3.8) is 0 Å². The summed E-state index contributed by atoms with van der Waals surface area (Å²) < 4.78 is 51.6. The zero-order valence-corrected chi connectivity index (χ0v) is 16.0. The van der Waals surface area contributed by atoms with Crippen LogP contribution in [0.15, 0.2) is 42.5 Å². The van der Waals surface area contributed by atoms with Crippen LogP contribution in [0.25, 0.3) is 11.1 Å². The lowest BCUT2D eigenvalue weighted by Crippen LogP contribution is -2.37. The van der Waals surface area contributed by atoms with E-state index >= 15 is 0 Å². The molecule has 1 aliphatic rings. The van der Waals surface area contributed by atoms with E-state index in [0.717, 1.165) is 6.07 Å². The molecular formula is C21H22F3NO3. The fourth-order valence-electron chi connectivity index (χ4n) is 3.08. The van der Waals surface area contributed by atoms with Crippen molar-refractivity contribution in [2.45, 2.75) is 39.1 Å². The fraction of sp³-hybridized carbons (Fsp3) is 0.381. The van der Waals surface area contributed by atoms with Gasteiger partial charge in [0.15, 0.2) is 0 Å². The van der Waals surface area contributed by atoms with E-state index in [1.54, 1.807) is 45.0 Å². The number of hydrogen-bond donors (Lipinski definition) is 0. The number of halogens is 3. The molecule has 0 saturated carbocycles. The van der Waals surface area contributed by atoms with Gasteiger partial charge in [-0.2, -0.15) is 13.2 Å². The highest BCUT2D eigenvalue weighted by Gasteiger charge is 2.34. The van der Waals surface area contributed by atoms with Gasteiger partial charge in [-0.05, 0) is 32.4 Å². The number of benzene rings is 2. The summed E-state index contributed by atoms with van der Waals surface area (Å²) in [6.07, 6.45) is -4.96. The van der Waals surface area contributed by atoms with E-state index in [-0.39, 0.29) is 25.3 Å². The second-order valence-electron chi connectivity index (χ2n) is 7.59. The van der Waals surface area contributed by atoms with Crippen LogP contribution in [-0.4, -0.2) is 29.7 Å². The predicted octanol–water partition coefficient (Wildman–Crippen LogP) is 5.50. The molecule has 1 aliphatic heterocycles. The van der Waals surface area contributed by atoms with Crippen molar-refractivity contribution in [1.29, 1.82) is 0 Å². The molecule has 1 heterocycles. The molecule has 0 radical (unpaired) electrons. The molecule has 0 atom stereocenters. The van der Waals surface area contributed by atoms with Crippen molar-refractivity contribution in [1.82, 2.24) is 4.90 Å². The molecule has 3 rings (SSSR count). The molecule has 150 valence electrons. The van der Waals surface area contributed by atoms with Gasteiger partial charge < -0.3 is 14.4 Å². The van der Waals surface area contributed by atoms with E-state index in [9.17, 15) is 18.0 Å². The van der Waals surface area contributed by atoms with Gasteiger partial charge in [-0.15, -0.1) is 0 Å². The third-order valence-electron chi connectivity index (χ3n) is 4.24. The number of carbonyl (C=O) groups is 1. The smallest absolute Gasteiger partial charge is 0.417 e. The summed E-state index contributed by atoms with van der Waals surface area (Å²) in [5.74, 6) is 0.366. The van der Waals surface area contributed by atoms with Gasteiger partial charge in [0.1, 0.15) is 18.0 Å². The maximum absolute atomic E-state index is 13.5. The lowest BCUT2D eigenvalue weighted by atomic mass is 9.96. The first-order chi connectivity index (χ1) is 13.1. The summed E-state index contributed by atoms with van der Waals surface area (Å²) in [7, 11) is 0. The Bertz CT molecular complexity index is 872. The van der Waals surface area contributed by atoms with Crippen LogP contribution in [0.4, 0.5) is 18.0 Å². The van der Waals surface area contributed by atoms with Crippen LogP contribution in [0, 0.1) is 0 Å². The van der Waals surface area contributed by atoms with Gasteiger partial charge in [0.2, 0.25) is 0 Å². The molecule has 4 nitrogen and oxygen atoms in total. The van der Waals surface area contributed by atoms with Crippen molar-refractivity contribution in [3.8, 4) is 16.9 Å².